The van der Waals surface area contributed by atoms with Crippen LogP contribution in [0.15, 0.2) is 0 Å². The molecule has 1 saturated carbocycles. The Hall–Kier alpha value is -0.660. The Morgan fingerprint density at radius 3 is 2.25 bits per heavy atom. The molecule has 0 radical (unpaired) electrons. The van der Waals surface area contributed by atoms with Gasteiger partial charge in [-0.05, 0) is 26.7 Å². The molecule has 0 aromatic heterocycles. The third kappa shape index (κ3) is 1.30. The molecule has 2 atom stereocenters. The van der Waals surface area contributed by atoms with Crippen LogP contribution in [0.25, 0.3) is 0 Å². The van der Waals surface area contributed by atoms with Crippen LogP contribution in [-0.4, -0.2) is 11.6 Å². The van der Waals surface area contributed by atoms with Crippen LogP contribution in [0.3, 0.4) is 0 Å². The maximum atomic E-state index is 11.3. The highest BCUT2D eigenvalue weighted by atomic mass is 16.1. The Bertz CT molecular complexity index is 220. The lowest BCUT2D eigenvalue weighted by molar-refractivity contribution is -0.134. The summed E-state index contributed by atoms with van der Waals surface area (Å²) in [4.78, 5) is 22.5. The predicted molar refractivity (Wildman–Crippen MR) is 46.8 cm³/mol. The normalized spacial score (nSPS) is 35.1. The van der Waals surface area contributed by atoms with Gasteiger partial charge < -0.3 is 0 Å². The largest absolute Gasteiger partial charge is 0.300 e. The monoisotopic (exact) mass is 168 g/mol. The van der Waals surface area contributed by atoms with Crippen LogP contribution in [-0.2, 0) is 9.59 Å². The number of ketones is 2. The fourth-order valence-electron chi connectivity index (χ4n) is 2.24. The summed E-state index contributed by atoms with van der Waals surface area (Å²) >= 11 is 0. The van der Waals surface area contributed by atoms with Crippen LogP contribution in [0, 0.1) is 11.3 Å². The van der Waals surface area contributed by atoms with Gasteiger partial charge in [-0.1, -0.05) is 13.3 Å². The van der Waals surface area contributed by atoms with E-state index in [2.05, 4.69) is 0 Å². The molecule has 2 heteroatoms. The molecular weight excluding hydrogens is 152 g/mol. The molecule has 2 nitrogen and oxygen atoms in total. The van der Waals surface area contributed by atoms with E-state index in [1.54, 1.807) is 13.8 Å². The van der Waals surface area contributed by atoms with E-state index in [4.69, 9.17) is 0 Å². The third-order valence-corrected chi connectivity index (χ3v) is 3.25. The summed E-state index contributed by atoms with van der Waals surface area (Å²) < 4.78 is 0. The Kier molecular flexibility index (Phi) is 2.36. The van der Waals surface area contributed by atoms with Crippen molar-refractivity contribution in [3.05, 3.63) is 0 Å². The second-order valence-corrected chi connectivity index (χ2v) is 4.03. The predicted octanol–water partition coefficient (Wildman–Crippen LogP) is 1.97. The van der Waals surface area contributed by atoms with Crippen LogP contribution in [0.4, 0.5) is 0 Å². The van der Waals surface area contributed by atoms with Crippen molar-refractivity contribution in [3.8, 4) is 0 Å². The first-order chi connectivity index (χ1) is 5.48. The molecule has 0 aliphatic heterocycles. The summed E-state index contributed by atoms with van der Waals surface area (Å²) in [6.07, 6.45) is 2.79. The summed E-state index contributed by atoms with van der Waals surface area (Å²) in [5, 5.41) is 0. The van der Waals surface area contributed by atoms with E-state index in [1.165, 1.54) is 0 Å². The van der Waals surface area contributed by atoms with Gasteiger partial charge in [0.05, 0.1) is 0 Å². The zero-order valence-corrected chi connectivity index (χ0v) is 8.02. The number of hydrogen-bond acceptors (Lipinski definition) is 2. The lowest BCUT2D eigenvalue weighted by Gasteiger charge is -2.26. The molecule has 2 unspecified atom stereocenters. The quantitative estimate of drug-likeness (QED) is 0.631. The van der Waals surface area contributed by atoms with Crippen molar-refractivity contribution >= 4 is 11.6 Å². The molecule has 12 heavy (non-hydrogen) atoms. The molecule has 0 bridgehead atoms. The number of carbonyl (C=O) groups is 2. The van der Waals surface area contributed by atoms with Gasteiger partial charge in [-0.25, -0.2) is 0 Å². The molecule has 1 aliphatic carbocycles. The molecular formula is C10H16O2. The highest BCUT2D eigenvalue weighted by molar-refractivity contribution is 5.90. The Morgan fingerprint density at radius 1 is 1.33 bits per heavy atom. The van der Waals surface area contributed by atoms with Crippen molar-refractivity contribution in [1.82, 2.24) is 0 Å². The van der Waals surface area contributed by atoms with Crippen LogP contribution < -0.4 is 0 Å². The first kappa shape index (κ1) is 9.43. The molecule has 1 aliphatic rings. The fourth-order valence-corrected chi connectivity index (χ4v) is 2.24. The van der Waals surface area contributed by atoms with E-state index in [0.717, 1.165) is 19.3 Å². The second-order valence-electron chi connectivity index (χ2n) is 4.03. The highest BCUT2D eigenvalue weighted by Gasteiger charge is 2.44. The van der Waals surface area contributed by atoms with E-state index >= 15 is 0 Å². The van der Waals surface area contributed by atoms with Gasteiger partial charge in [0.25, 0.3) is 0 Å². The van der Waals surface area contributed by atoms with Crippen molar-refractivity contribution in [3.63, 3.8) is 0 Å². The first-order valence-corrected chi connectivity index (χ1v) is 4.50. The van der Waals surface area contributed by atoms with E-state index in [0.29, 0.717) is 0 Å². The smallest absolute Gasteiger partial charge is 0.136 e. The number of carbonyl (C=O) groups excluding carboxylic acids is 2. The van der Waals surface area contributed by atoms with Gasteiger partial charge in [0, 0.05) is 11.3 Å². The van der Waals surface area contributed by atoms with Gasteiger partial charge >= 0.3 is 0 Å². The molecule has 0 aromatic rings. The van der Waals surface area contributed by atoms with Crippen molar-refractivity contribution < 1.29 is 9.59 Å². The van der Waals surface area contributed by atoms with Crippen molar-refractivity contribution in [2.75, 3.05) is 0 Å². The maximum Gasteiger partial charge on any atom is 0.136 e. The summed E-state index contributed by atoms with van der Waals surface area (Å²) in [6.45, 7) is 5.12. The molecule has 0 heterocycles. The van der Waals surface area contributed by atoms with Gasteiger partial charge in [0.15, 0.2) is 0 Å². The molecule has 0 spiro atoms. The molecule has 1 fully saturated rings. The zero-order chi connectivity index (χ0) is 9.35. The SMILES string of the molecule is CC(=O)C1CCCC1(C)C(C)=O. The standard InChI is InChI=1S/C10H16O2/c1-7(11)9-5-4-6-10(9,3)8(2)12/h9H,4-6H2,1-3H3. The lowest BCUT2D eigenvalue weighted by atomic mass is 9.75. The fraction of sp³-hybridized carbons (Fsp3) is 0.800. The summed E-state index contributed by atoms with van der Waals surface area (Å²) in [7, 11) is 0. The maximum absolute atomic E-state index is 11.3. The molecule has 0 N–H and O–H groups in total. The molecule has 0 saturated heterocycles. The van der Waals surface area contributed by atoms with E-state index in [1.807, 2.05) is 6.92 Å². The van der Waals surface area contributed by atoms with Crippen molar-refractivity contribution in [2.45, 2.75) is 40.0 Å². The Labute approximate surface area is 73.3 Å². The minimum Gasteiger partial charge on any atom is -0.300 e. The van der Waals surface area contributed by atoms with E-state index in [9.17, 15) is 9.59 Å². The second kappa shape index (κ2) is 3.00. The average Bonchev–Trinajstić information content (AvgIpc) is 2.32. The Morgan fingerprint density at radius 2 is 1.92 bits per heavy atom. The van der Waals surface area contributed by atoms with Gasteiger partial charge in [-0.2, -0.15) is 0 Å². The summed E-state index contributed by atoms with van der Waals surface area (Å²) in [5.74, 6) is 0.320. The topological polar surface area (TPSA) is 34.1 Å². The van der Waals surface area contributed by atoms with E-state index in [-0.39, 0.29) is 22.9 Å². The van der Waals surface area contributed by atoms with Crippen molar-refractivity contribution in [2.24, 2.45) is 11.3 Å². The third-order valence-electron chi connectivity index (χ3n) is 3.25. The highest BCUT2D eigenvalue weighted by Crippen LogP contribution is 2.44. The van der Waals surface area contributed by atoms with Crippen LogP contribution in [0.2, 0.25) is 0 Å². The van der Waals surface area contributed by atoms with E-state index < -0.39 is 0 Å². The number of hydrogen-bond donors (Lipinski definition) is 0. The Balaban J connectivity index is 2.89. The summed E-state index contributed by atoms with van der Waals surface area (Å²) in [6, 6.07) is 0. The number of Topliss-reactive ketones (excluding diaryl/α,β-unsaturated/α-hetero) is 2. The van der Waals surface area contributed by atoms with Gasteiger partial charge in [-0.3, -0.25) is 9.59 Å². The van der Waals surface area contributed by atoms with Crippen LogP contribution in [0.5, 0.6) is 0 Å². The molecule has 1 rings (SSSR count). The minimum absolute atomic E-state index is 0.0185. The number of rotatable bonds is 2. The van der Waals surface area contributed by atoms with Crippen LogP contribution in [0.1, 0.15) is 40.0 Å². The van der Waals surface area contributed by atoms with Crippen molar-refractivity contribution in [1.29, 1.82) is 0 Å². The molecule has 0 amide bonds. The van der Waals surface area contributed by atoms with Gasteiger partial charge in [-0.15, -0.1) is 0 Å². The zero-order valence-electron chi connectivity index (χ0n) is 8.02. The summed E-state index contributed by atoms with van der Waals surface area (Å²) in [5.41, 5.74) is -0.355. The first-order valence-electron chi connectivity index (χ1n) is 4.50. The molecule has 68 valence electrons. The molecule has 0 aromatic carbocycles. The average molecular weight is 168 g/mol. The lowest BCUT2D eigenvalue weighted by Crippen LogP contribution is -2.33. The van der Waals surface area contributed by atoms with Crippen LogP contribution >= 0.6 is 0 Å². The van der Waals surface area contributed by atoms with Gasteiger partial charge in [0.2, 0.25) is 0 Å². The minimum atomic E-state index is -0.355. The van der Waals surface area contributed by atoms with Gasteiger partial charge in [0.1, 0.15) is 11.6 Å².